The van der Waals surface area contributed by atoms with Crippen LogP contribution in [-0.4, -0.2) is 47.1 Å². The van der Waals surface area contributed by atoms with Crippen molar-refractivity contribution in [3.05, 3.63) is 82.3 Å². The molecule has 0 atom stereocenters. The van der Waals surface area contributed by atoms with E-state index in [1.807, 2.05) is 67.3 Å². The van der Waals surface area contributed by atoms with Gasteiger partial charge in [0, 0.05) is 32.4 Å². The lowest BCUT2D eigenvalue weighted by molar-refractivity contribution is 0.0742. The van der Waals surface area contributed by atoms with Crippen LogP contribution in [0.2, 0.25) is 5.02 Å². The Bertz CT molecular complexity index is 1310. The van der Waals surface area contributed by atoms with E-state index in [-0.39, 0.29) is 12.5 Å². The van der Waals surface area contributed by atoms with Crippen LogP contribution in [0.25, 0.3) is 10.8 Å². The molecule has 0 saturated carbocycles. The summed E-state index contributed by atoms with van der Waals surface area (Å²) >= 11 is 5.96. The van der Waals surface area contributed by atoms with Crippen LogP contribution in [0.1, 0.15) is 27.4 Å². The Labute approximate surface area is 202 Å². The second-order valence-electron chi connectivity index (χ2n) is 8.40. The molecule has 2 aromatic heterocycles. The molecule has 34 heavy (non-hydrogen) atoms. The molecule has 4 aromatic rings. The maximum atomic E-state index is 13.6. The second-order valence-corrected chi connectivity index (χ2v) is 8.84. The summed E-state index contributed by atoms with van der Waals surface area (Å²) in [5, 5.41) is 6.63. The summed E-state index contributed by atoms with van der Waals surface area (Å²) in [5.41, 5.74) is 2.25. The lowest BCUT2D eigenvalue weighted by Gasteiger charge is -2.35. The number of nitrogens with zero attached hydrogens (tertiary/aromatic N) is 4. The maximum Gasteiger partial charge on any atom is 0.257 e. The molecule has 2 aromatic carbocycles. The monoisotopic (exact) mass is 476 g/mol. The van der Waals surface area contributed by atoms with Gasteiger partial charge in [-0.1, -0.05) is 41.0 Å². The minimum atomic E-state index is -0.0387. The van der Waals surface area contributed by atoms with Crippen molar-refractivity contribution in [2.75, 3.05) is 31.1 Å². The van der Waals surface area contributed by atoms with Crippen molar-refractivity contribution >= 4 is 34.1 Å². The first-order chi connectivity index (χ1) is 16.5. The predicted molar refractivity (Wildman–Crippen MR) is 132 cm³/mol. The number of hydrogen-bond acceptors (Lipinski definition) is 6. The normalized spacial score (nSPS) is 14.0. The van der Waals surface area contributed by atoms with Crippen molar-refractivity contribution < 1.29 is 14.1 Å². The number of carbonyl (C=O) groups is 1. The van der Waals surface area contributed by atoms with Crippen molar-refractivity contribution in [3.8, 4) is 5.75 Å². The van der Waals surface area contributed by atoms with Gasteiger partial charge in [0.15, 0.2) is 0 Å². The van der Waals surface area contributed by atoms with Crippen LogP contribution in [-0.2, 0) is 6.61 Å². The van der Waals surface area contributed by atoms with Crippen LogP contribution in [0.3, 0.4) is 0 Å². The van der Waals surface area contributed by atoms with Crippen LogP contribution in [0.4, 0.5) is 5.82 Å². The fourth-order valence-corrected chi connectivity index (χ4v) is 4.34. The number of pyridine rings is 1. The van der Waals surface area contributed by atoms with E-state index in [0.717, 1.165) is 33.6 Å². The molecule has 1 aliphatic rings. The van der Waals surface area contributed by atoms with E-state index < -0.39 is 0 Å². The van der Waals surface area contributed by atoms with Gasteiger partial charge in [-0.15, -0.1) is 0 Å². The molecule has 8 heteroatoms. The molecule has 1 amide bonds. The Morgan fingerprint density at radius 2 is 1.79 bits per heavy atom. The molecule has 1 fully saturated rings. The SMILES string of the molecule is Cc1noc(C)c1COc1cc2ccccc2cc1C(=O)N1CCN(c2ccc(Cl)cn2)CC1. The zero-order valence-corrected chi connectivity index (χ0v) is 19.9. The van der Waals surface area contributed by atoms with Gasteiger partial charge in [-0.05, 0) is 48.9 Å². The molecule has 5 rings (SSSR count). The van der Waals surface area contributed by atoms with E-state index in [9.17, 15) is 4.79 Å². The number of hydrogen-bond donors (Lipinski definition) is 0. The molecule has 1 aliphatic heterocycles. The molecule has 0 bridgehead atoms. The summed E-state index contributed by atoms with van der Waals surface area (Å²) in [4.78, 5) is 22.0. The topological polar surface area (TPSA) is 71.7 Å². The smallest absolute Gasteiger partial charge is 0.257 e. The Hall–Kier alpha value is -3.58. The Kier molecular flexibility index (Phi) is 6.11. The largest absolute Gasteiger partial charge is 0.488 e. The van der Waals surface area contributed by atoms with E-state index in [1.165, 1.54) is 0 Å². The van der Waals surface area contributed by atoms with E-state index >= 15 is 0 Å². The highest BCUT2D eigenvalue weighted by atomic mass is 35.5. The summed E-state index contributed by atoms with van der Waals surface area (Å²) < 4.78 is 11.4. The third kappa shape index (κ3) is 4.43. The van der Waals surface area contributed by atoms with E-state index in [4.69, 9.17) is 20.9 Å². The van der Waals surface area contributed by atoms with E-state index in [0.29, 0.717) is 42.5 Å². The standard InChI is InChI=1S/C26H25ClN4O3/c1-17-23(18(2)34-29-17)16-33-24-14-20-6-4-3-5-19(20)13-22(24)26(32)31-11-9-30(10-12-31)25-8-7-21(27)15-28-25/h3-8,13-15H,9-12,16H2,1-2H3. The number of fused-ring (bicyclic) bond motifs is 1. The number of rotatable bonds is 5. The zero-order valence-electron chi connectivity index (χ0n) is 19.1. The Morgan fingerprint density at radius 1 is 1.06 bits per heavy atom. The van der Waals surface area contributed by atoms with Gasteiger partial charge < -0.3 is 19.1 Å². The Balaban J connectivity index is 1.37. The van der Waals surface area contributed by atoms with Crippen molar-refractivity contribution in [2.45, 2.75) is 20.5 Å². The van der Waals surface area contributed by atoms with Gasteiger partial charge in [0.05, 0.1) is 21.8 Å². The minimum Gasteiger partial charge on any atom is -0.488 e. The number of ether oxygens (including phenoxy) is 1. The Morgan fingerprint density at radius 3 is 2.44 bits per heavy atom. The molecule has 0 radical (unpaired) electrons. The van der Waals surface area contributed by atoms with Gasteiger partial charge in [-0.3, -0.25) is 4.79 Å². The molecule has 3 heterocycles. The van der Waals surface area contributed by atoms with Gasteiger partial charge in [-0.25, -0.2) is 4.98 Å². The van der Waals surface area contributed by atoms with Crippen molar-refractivity contribution in [1.29, 1.82) is 0 Å². The summed E-state index contributed by atoms with van der Waals surface area (Å²) in [7, 11) is 0. The fourth-order valence-electron chi connectivity index (χ4n) is 4.23. The number of carbonyl (C=O) groups excluding carboxylic acids is 1. The number of amides is 1. The van der Waals surface area contributed by atoms with Crippen molar-refractivity contribution in [2.24, 2.45) is 0 Å². The van der Waals surface area contributed by atoms with Gasteiger partial charge in [-0.2, -0.15) is 0 Å². The van der Waals surface area contributed by atoms with Gasteiger partial charge in [0.1, 0.15) is 23.9 Å². The second kappa shape index (κ2) is 9.35. The van der Waals surface area contributed by atoms with E-state index in [2.05, 4.69) is 15.0 Å². The van der Waals surface area contributed by atoms with Crippen LogP contribution < -0.4 is 9.64 Å². The number of benzene rings is 2. The molecular formula is C26H25ClN4O3. The highest BCUT2D eigenvalue weighted by molar-refractivity contribution is 6.30. The fraction of sp³-hybridized carbons (Fsp3) is 0.269. The minimum absolute atomic E-state index is 0.0387. The van der Waals surface area contributed by atoms with Crippen molar-refractivity contribution in [3.63, 3.8) is 0 Å². The first-order valence-corrected chi connectivity index (χ1v) is 11.6. The summed E-state index contributed by atoms with van der Waals surface area (Å²) in [6.07, 6.45) is 1.64. The van der Waals surface area contributed by atoms with Crippen LogP contribution in [0.5, 0.6) is 5.75 Å². The molecular weight excluding hydrogens is 452 g/mol. The number of anilines is 1. The average molecular weight is 477 g/mol. The highest BCUT2D eigenvalue weighted by Crippen LogP contribution is 2.29. The number of aromatic nitrogens is 2. The van der Waals surface area contributed by atoms with Gasteiger partial charge >= 0.3 is 0 Å². The molecule has 0 N–H and O–H groups in total. The van der Waals surface area contributed by atoms with Crippen molar-refractivity contribution in [1.82, 2.24) is 15.0 Å². The summed E-state index contributed by atoms with van der Waals surface area (Å²) in [5.74, 6) is 2.11. The molecule has 0 unspecified atom stereocenters. The summed E-state index contributed by atoms with van der Waals surface area (Å²) in [6, 6.07) is 15.6. The quantitative estimate of drug-likeness (QED) is 0.402. The molecule has 7 nitrogen and oxygen atoms in total. The molecule has 0 aliphatic carbocycles. The van der Waals surface area contributed by atoms with Gasteiger partial charge in [0.2, 0.25) is 0 Å². The third-order valence-corrected chi connectivity index (χ3v) is 6.46. The number of aryl methyl sites for hydroxylation is 2. The van der Waals surface area contributed by atoms with E-state index in [1.54, 1.807) is 6.20 Å². The number of halogens is 1. The third-order valence-electron chi connectivity index (χ3n) is 6.23. The molecule has 174 valence electrons. The first kappa shape index (κ1) is 22.2. The lowest BCUT2D eigenvalue weighted by atomic mass is 10.0. The summed E-state index contributed by atoms with van der Waals surface area (Å²) in [6.45, 7) is 6.62. The number of piperazine rings is 1. The maximum absolute atomic E-state index is 13.6. The van der Waals surface area contributed by atoms with Crippen LogP contribution in [0.15, 0.2) is 59.3 Å². The lowest BCUT2D eigenvalue weighted by Crippen LogP contribution is -2.49. The van der Waals surface area contributed by atoms with Crippen LogP contribution in [0, 0.1) is 13.8 Å². The van der Waals surface area contributed by atoms with Gasteiger partial charge in [0.25, 0.3) is 5.91 Å². The zero-order chi connectivity index (χ0) is 23.7. The predicted octanol–water partition coefficient (Wildman–Crippen LogP) is 5.03. The molecule has 0 spiro atoms. The average Bonchev–Trinajstić information content (AvgIpc) is 3.19. The highest BCUT2D eigenvalue weighted by Gasteiger charge is 2.26. The first-order valence-electron chi connectivity index (χ1n) is 11.2. The van der Waals surface area contributed by atoms with Crippen LogP contribution >= 0.6 is 11.6 Å². The molecule has 1 saturated heterocycles.